The van der Waals surface area contributed by atoms with Crippen molar-refractivity contribution in [3.8, 4) is 0 Å². The Balaban J connectivity index is 1.55. The van der Waals surface area contributed by atoms with Crippen molar-refractivity contribution in [2.45, 2.75) is 45.6 Å². The number of furan rings is 1. The van der Waals surface area contributed by atoms with Gasteiger partial charge in [0.1, 0.15) is 11.5 Å². The van der Waals surface area contributed by atoms with Gasteiger partial charge in [0, 0.05) is 0 Å². The summed E-state index contributed by atoms with van der Waals surface area (Å²) in [6, 6.07) is 4.79. The fourth-order valence-corrected chi connectivity index (χ4v) is 5.19. The smallest absolute Gasteiger partial charge is 0.121 e. The van der Waals surface area contributed by atoms with Crippen LogP contribution in [-0.4, -0.2) is 6.54 Å². The van der Waals surface area contributed by atoms with Crippen molar-refractivity contribution < 1.29 is 4.42 Å². The zero-order valence-corrected chi connectivity index (χ0v) is 12.1. The molecule has 5 unspecified atom stereocenters. The molecule has 0 amide bonds. The van der Waals surface area contributed by atoms with Gasteiger partial charge in [-0.25, -0.2) is 0 Å². The first-order valence-corrected chi connectivity index (χ1v) is 8.09. The summed E-state index contributed by atoms with van der Waals surface area (Å²) in [5.74, 6) is 7.21. The van der Waals surface area contributed by atoms with Gasteiger partial charge in [-0.1, -0.05) is 6.92 Å². The van der Waals surface area contributed by atoms with Gasteiger partial charge in [-0.05, 0) is 80.9 Å². The van der Waals surface area contributed by atoms with Gasteiger partial charge in [0.15, 0.2) is 0 Å². The van der Waals surface area contributed by atoms with Crippen LogP contribution >= 0.6 is 0 Å². The van der Waals surface area contributed by atoms with Gasteiger partial charge < -0.3 is 9.73 Å². The fraction of sp³-hybridized carbons (Fsp3) is 0.765. The Hall–Kier alpha value is -0.760. The molecule has 3 saturated carbocycles. The SMILES string of the molecule is CCCNC(c1ccc(C)o1)C1C2C3CCC(C3)C21. The standard InChI is InChI=1S/C17H25NO/c1-3-8-18-17(13-7-4-10(2)19-13)16-14-11-5-6-12(9-11)15(14)16/h4,7,11-12,14-18H,3,5-6,8-9H2,1-2H3. The zero-order valence-electron chi connectivity index (χ0n) is 12.1. The first-order valence-electron chi connectivity index (χ1n) is 8.09. The highest BCUT2D eigenvalue weighted by atomic mass is 16.3. The molecule has 1 N–H and O–H groups in total. The molecule has 2 heteroatoms. The summed E-state index contributed by atoms with van der Waals surface area (Å²) in [5, 5.41) is 3.76. The lowest BCUT2D eigenvalue weighted by atomic mass is 9.96. The monoisotopic (exact) mass is 259 g/mol. The Morgan fingerprint density at radius 3 is 2.58 bits per heavy atom. The Morgan fingerprint density at radius 1 is 1.26 bits per heavy atom. The van der Waals surface area contributed by atoms with Crippen LogP contribution in [0, 0.1) is 36.5 Å². The molecule has 5 atom stereocenters. The van der Waals surface area contributed by atoms with E-state index in [4.69, 9.17) is 4.42 Å². The molecule has 2 nitrogen and oxygen atoms in total. The van der Waals surface area contributed by atoms with Gasteiger partial charge in [-0.3, -0.25) is 0 Å². The number of fused-ring (bicyclic) bond motifs is 5. The van der Waals surface area contributed by atoms with E-state index in [0.717, 1.165) is 41.9 Å². The maximum Gasteiger partial charge on any atom is 0.121 e. The minimum Gasteiger partial charge on any atom is -0.465 e. The lowest BCUT2D eigenvalue weighted by Crippen LogP contribution is -2.26. The summed E-state index contributed by atoms with van der Waals surface area (Å²) in [7, 11) is 0. The number of rotatable bonds is 5. The van der Waals surface area contributed by atoms with Crippen LogP contribution in [0.15, 0.2) is 16.5 Å². The molecule has 0 saturated heterocycles. The molecule has 3 aliphatic rings. The molecule has 1 heterocycles. The van der Waals surface area contributed by atoms with E-state index in [-0.39, 0.29) is 0 Å². The van der Waals surface area contributed by atoms with E-state index in [1.807, 2.05) is 0 Å². The minimum atomic E-state index is 0.479. The molecule has 19 heavy (non-hydrogen) atoms. The molecular weight excluding hydrogens is 234 g/mol. The van der Waals surface area contributed by atoms with E-state index in [2.05, 4.69) is 31.3 Å². The second-order valence-corrected chi connectivity index (χ2v) is 6.95. The highest BCUT2D eigenvalue weighted by molar-refractivity contribution is 5.21. The molecule has 3 aliphatic carbocycles. The van der Waals surface area contributed by atoms with Crippen LogP contribution in [0.5, 0.6) is 0 Å². The second-order valence-electron chi connectivity index (χ2n) is 6.95. The highest BCUT2D eigenvalue weighted by Crippen LogP contribution is 2.72. The third-order valence-corrected chi connectivity index (χ3v) is 5.86. The number of hydrogen-bond donors (Lipinski definition) is 1. The van der Waals surface area contributed by atoms with Crippen LogP contribution in [0.1, 0.15) is 50.2 Å². The first-order chi connectivity index (χ1) is 9.29. The van der Waals surface area contributed by atoms with Crippen molar-refractivity contribution >= 4 is 0 Å². The van der Waals surface area contributed by atoms with Crippen LogP contribution in [-0.2, 0) is 0 Å². The summed E-state index contributed by atoms with van der Waals surface area (Å²) in [6.45, 7) is 5.41. The predicted molar refractivity (Wildman–Crippen MR) is 75.8 cm³/mol. The lowest BCUT2D eigenvalue weighted by Gasteiger charge is -2.20. The normalized spacial score (nSPS) is 40.4. The lowest BCUT2D eigenvalue weighted by molar-refractivity contribution is 0.320. The molecule has 4 rings (SSSR count). The molecule has 2 bridgehead atoms. The number of nitrogens with one attached hydrogen (secondary N) is 1. The molecule has 3 fully saturated rings. The number of aryl methyl sites for hydroxylation is 1. The topological polar surface area (TPSA) is 25.2 Å². The summed E-state index contributed by atoms with van der Waals surface area (Å²) in [5.41, 5.74) is 0. The van der Waals surface area contributed by atoms with E-state index in [9.17, 15) is 0 Å². The van der Waals surface area contributed by atoms with Crippen LogP contribution in [0.3, 0.4) is 0 Å². The molecule has 0 aromatic carbocycles. The molecular formula is C17H25NO. The molecule has 104 valence electrons. The van der Waals surface area contributed by atoms with Crippen LogP contribution < -0.4 is 5.32 Å². The Kier molecular flexibility index (Phi) is 2.77. The van der Waals surface area contributed by atoms with Gasteiger partial charge in [0.2, 0.25) is 0 Å². The average molecular weight is 259 g/mol. The van der Waals surface area contributed by atoms with Crippen molar-refractivity contribution in [3.63, 3.8) is 0 Å². The quantitative estimate of drug-likeness (QED) is 0.867. The molecule has 1 aromatic heterocycles. The highest BCUT2D eigenvalue weighted by Gasteiger charge is 2.67. The maximum absolute atomic E-state index is 5.94. The second kappa shape index (κ2) is 4.37. The van der Waals surface area contributed by atoms with E-state index in [1.54, 1.807) is 0 Å². The first kappa shape index (κ1) is 12.0. The molecule has 1 aromatic rings. The van der Waals surface area contributed by atoms with Crippen molar-refractivity contribution in [2.75, 3.05) is 6.54 Å². The van der Waals surface area contributed by atoms with Gasteiger partial charge >= 0.3 is 0 Å². The van der Waals surface area contributed by atoms with Gasteiger partial charge in [-0.2, -0.15) is 0 Å². The summed E-state index contributed by atoms with van der Waals surface area (Å²) in [4.78, 5) is 0. The summed E-state index contributed by atoms with van der Waals surface area (Å²) < 4.78 is 5.94. The fourth-order valence-electron chi connectivity index (χ4n) is 5.19. The molecule has 0 aliphatic heterocycles. The average Bonchev–Trinajstić information content (AvgIpc) is 2.78. The summed E-state index contributed by atoms with van der Waals surface area (Å²) >= 11 is 0. The third-order valence-electron chi connectivity index (χ3n) is 5.86. The van der Waals surface area contributed by atoms with Crippen molar-refractivity contribution in [3.05, 3.63) is 23.7 Å². The van der Waals surface area contributed by atoms with Crippen LogP contribution in [0.2, 0.25) is 0 Å². The van der Waals surface area contributed by atoms with Crippen molar-refractivity contribution in [1.82, 2.24) is 5.32 Å². The Morgan fingerprint density at radius 2 is 2.00 bits per heavy atom. The molecule has 0 radical (unpaired) electrons. The van der Waals surface area contributed by atoms with Gasteiger partial charge in [0.25, 0.3) is 0 Å². The zero-order chi connectivity index (χ0) is 13.0. The Bertz CT molecular complexity index is 450. The van der Waals surface area contributed by atoms with E-state index in [0.29, 0.717) is 6.04 Å². The van der Waals surface area contributed by atoms with E-state index < -0.39 is 0 Å². The predicted octanol–water partition coefficient (Wildman–Crippen LogP) is 3.92. The van der Waals surface area contributed by atoms with E-state index in [1.165, 1.54) is 31.4 Å². The third kappa shape index (κ3) is 1.79. The largest absolute Gasteiger partial charge is 0.465 e. The number of hydrogen-bond acceptors (Lipinski definition) is 2. The maximum atomic E-state index is 5.94. The minimum absolute atomic E-state index is 0.479. The van der Waals surface area contributed by atoms with E-state index >= 15 is 0 Å². The molecule has 0 spiro atoms. The van der Waals surface area contributed by atoms with Crippen LogP contribution in [0.4, 0.5) is 0 Å². The van der Waals surface area contributed by atoms with Gasteiger partial charge in [-0.15, -0.1) is 0 Å². The van der Waals surface area contributed by atoms with Crippen LogP contribution in [0.25, 0.3) is 0 Å². The van der Waals surface area contributed by atoms with Crippen molar-refractivity contribution in [2.24, 2.45) is 29.6 Å². The Labute approximate surface area is 116 Å². The van der Waals surface area contributed by atoms with Gasteiger partial charge in [0.05, 0.1) is 6.04 Å². The van der Waals surface area contributed by atoms with Crippen molar-refractivity contribution in [1.29, 1.82) is 0 Å². The summed E-state index contributed by atoms with van der Waals surface area (Å²) in [6.07, 6.45) is 5.73.